The molecule has 2 rings (SSSR count). The third-order valence-electron chi connectivity index (χ3n) is 3.66. The summed E-state index contributed by atoms with van der Waals surface area (Å²) in [4.78, 5) is 6.45. The van der Waals surface area contributed by atoms with Gasteiger partial charge in [-0.25, -0.2) is 0 Å². The van der Waals surface area contributed by atoms with E-state index in [0.29, 0.717) is 6.04 Å². The molecule has 3 nitrogen and oxygen atoms in total. The molecule has 0 amide bonds. The molecule has 1 aliphatic rings. The van der Waals surface area contributed by atoms with E-state index < -0.39 is 0 Å². The highest BCUT2D eigenvalue weighted by Gasteiger charge is 2.12. The smallest absolute Gasteiger partial charge is 0.0386 e. The minimum atomic E-state index is 0.486. The van der Waals surface area contributed by atoms with Gasteiger partial charge in [-0.3, -0.25) is 0 Å². The molecule has 0 spiro atoms. The van der Waals surface area contributed by atoms with Gasteiger partial charge in [0.2, 0.25) is 0 Å². The average molecular weight is 267 g/mol. The number of thiophene rings is 1. The second kappa shape index (κ2) is 7.24. The van der Waals surface area contributed by atoms with E-state index in [9.17, 15) is 0 Å². The van der Waals surface area contributed by atoms with Gasteiger partial charge < -0.3 is 15.1 Å². The molecule has 1 N–H and O–H groups in total. The fraction of sp³-hybridized carbons (Fsp3) is 0.714. The van der Waals surface area contributed by atoms with E-state index in [1.807, 2.05) is 11.3 Å². The molecular formula is C14H25N3S. The fourth-order valence-electron chi connectivity index (χ4n) is 2.40. The van der Waals surface area contributed by atoms with Crippen molar-refractivity contribution in [2.75, 3.05) is 46.3 Å². The third-order valence-corrected chi connectivity index (χ3v) is 4.72. The van der Waals surface area contributed by atoms with E-state index in [1.165, 1.54) is 44.0 Å². The van der Waals surface area contributed by atoms with E-state index in [1.54, 1.807) is 0 Å². The van der Waals surface area contributed by atoms with Crippen LogP contribution in [0.4, 0.5) is 0 Å². The van der Waals surface area contributed by atoms with Crippen LogP contribution >= 0.6 is 11.3 Å². The first-order valence-electron chi connectivity index (χ1n) is 6.93. The average Bonchev–Trinajstić information content (AvgIpc) is 2.81. The Balaban J connectivity index is 1.65. The van der Waals surface area contributed by atoms with Gasteiger partial charge in [0.1, 0.15) is 0 Å². The van der Waals surface area contributed by atoms with Crippen LogP contribution in [-0.4, -0.2) is 56.1 Å². The van der Waals surface area contributed by atoms with Gasteiger partial charge in [0.25, 0.3) is 0 Å². The number of likely N-dealkylation sites (N-methyl/N-ethyl adjacent to an activating group) is 1. The van der Waals surface area contributed by atoms with Gasteiger partial charge in [0.05, 0.1) is 0 Å². The standard InChI is InChI=1S/C14H25N3S/c1-13(14-5-3-12-18-14)15-6-9-17-8-4-7-16(2)10-11-17/h3,5,12-13,15H,4,6-11H2,1-2H3. The summed E-state index contributed by atoms with van der Waals surface area (Å²) >= 11 is 1.84. The number of hydrogen-bond donors (Lipinski definition) is 1. The van der Waals surface area contributed by atoms with Crippen molar-refractivity contribution in [3.63, 3.8) is 0 Å². The highest BCUT2D eigenvalue weighted by atomic mass is 32.1. The maximum Gasteiger partial charge on any atom is 0.0386 e. The summed E-state index contributed by atoms with van der Waals surface area (Å²) in [5, 5.41) is 5.77. The van der Waals surface area contributed by atoms with Crippen molar-refractivity contribution in [2.45, 2.75) is 19.4 Å². The van der Waals surface area contributed by atoms with Gasteiger partial charge in [-0.05, 0) is 44.9 Å². The summed E-state index contributed by atoms with van der Waals surface area (Å²) < 4.78 is 0. The van der Waals surface area contributed by atoms with Crippen LogP contribution in [0.2, 0.25) is 0 Å². The second-order valence-electron chi connectivity index (χ2n) is 5.19. The van der Waals surface area contributed by atoms with Gasteiger partial charge in [0.15, 0.2) is 0 Å². The monoisotopic (exact) mass is 267 g/mol. The molecule has 0 radical (unpaired) electrons. The lowest BCUT2D eigenvalue weighted by Crippen LogP contribution is -2.35. The number of hydrogen-bond acceptors (Lipinski definition) is 4. The van der Waals surface area contributed by atoms with Crippen molar-refractivity contribution in [3.05, 3.63) is 22.4 Å². The van der Waals surface area contributed by atoms with Crippen LogP contribution in [0.15, 0.2) is 17.5 Å². The zero-order valence-electron chi connectivity index (χ0n) is 11.6. The number of nitrogens with zero attached hydrogens (tertiary/aromatic N) is 2. The molecule has 1 fully saturated rings. The topological polar surface area (TPSA) is 18.5 Å². The molecule has 2 heterocycles. The van der Waals surface area contributed by atoms with E-state index in [0.717, 1.165) is 6.54 Å². The Morgan fingerprint density at radius 1 is 1.33 bits per heavy atom. The molecular weight excluding hydrogens is 242 g/mol. The maximum absolute atomic E-state index is 3.62. The SMILES string of the molecule is CC(NCCN1CCCN(C)CC1)c1cccs1. The van der Waals surface area contributed by atoms with Gasteiger partial charge in [-0.1, -0.05) is 6.07 Å². The van der Waals surface area contributed by atoms with E-state index >= 15 is 0 Å². The summed E-state index contributed by atoms with van der Waals surface area (Å²) in [5.41, 5.74) is 0. The lowest BCUT2D eigenvalue weighted by molar-refractivity contribution is 0.273. The Morgan fingerprint density at radius 3 is 3.00 bits per heavy atom. The summed E-state index contributed by atoms with van der Waals surface area (Å²) in [6, 6.07) is 4.83. The number of nitrogens with one attached hydrogen (secondary N) is 1. The van der Waals surface area contributed by atoms with Crippen LogP contribution < -0.4 is 5.32 Å². The quantitative estimate of drug-likeness (QED) is 0.881. The molecule has 1 aliphatic heterocycles. The van der Waals surface area contributed by atoms with Gasteiger partial charge in [-0.2, -0.15) is 0 Å². The van der Waals surface area contributed by atoms with Crippen LogP contribution in [0, 0.1) is 0 Å². The van der Waals surface area contributed by atoms with Crippen molar-refractivity contribution >= 4 is 11.3 Å². The van der Waals surface area contributed by atoms with Crippen molar-refractivity contribution in [3.8, 4) is 0 Å². The Kier molecular flexibility index (Phi) is 5.63. The van der Waals surface area contributed by atoms with Gasteiger partial charge in [-0.15, -0.1) is 11.3 Å². The molecule has 1 unspecified atom stereocenters. The maximum atomic E-state index is 3.62. The van der Waals surface area contributed by atoms with Crippen molar-refractivity contribution in [2.24, 2.45) is 0 Å². The molecule has 1 atom stereocenters. The summed E-state index contributed by atoms with van der Waals surface area (Å²) in [7, 11) is 2.22. The highest BCUT2D eigenvalue weighted by molar-refractivity contribution is 7.10. The van der Waals surface area contributed by atoms with E-state index in [4.69, 9.17) is 0 Å². The van der Waals surface area contributed by atoms with E-state index in [-0.39, 0.29) is 0 Å². The Hall–Kier alpha value is -0.420. The molecule has 1 aromatic heterocycles. The highest BCUT2D eigenvalue weighted by Crippen LogP contribution is 2.17. The molecule has 18 heavy (non-hydrogen) atoms. The first kappa shape index (κ1) is 14.0. The summed E-state index contributed by atoms with van der Waals surface area (Å²) in [5.74, 6) is 0. The number of rotatable bonds is 5. The Labute approximate surface area is 115 Å². The zero-order chi connectivity index (χ0) is 12.8. The molecule has 0 saturated carbocycles. The van der Waals surface area contributed by atoms with Gasteiger partial charge in [0, 0.05) is 37.1 Å². The van der Waals surface area contributed by atoms with Crippen LogP contribution in [0.25, 0.3) is 0 Å². The first-order valence-corrected chi connectivity index (χ1v) is 7.81. The lowest BCUT2D eigenvalue weighted by atomic mass is 10.3. The van der Waals surface area contributed by atoms with Crippen LogP contribution in [0.1, 0.15) is 24.3 Å². The van der Waals surface area contributed by atoms with Gasteiger partial charge >= 0.3 is 0 Å². The largest absolute Gasteiger partial charge is 0.308 e. The van der Waals surface area contributed by atoms with Crippen LogP contribution in [0.3, 0.4) is 0 Å². The predicted octanol–water partition coefficient (Wildman–Crippen LogP) is 2.04. The molecule has 1 aromatic rings. The summed E-state index contributed by atoms with van der Waals surface area (Å²) in [6.07, 6.45) is 1.30. The minimum Gasteiger partial charge on any atom is -0.308 e. The normalized spacial score (nSPS) is 20.8. The van der Waals surface area contributed by atoms with Crippen LogP contribution in [-0.2, 0) is 0 Å². The lowest BCUT2D eigenvalue weighted by Gasteiger charge is -2.21. The molecule has 0 bridgehead atoms. The third kappa shape index (κ3) is 4.35. The van der Waals surface area contributed by atoms with Crippen LogP contribution in [0.5, 0.6) is 0 Å². The first-order chi connectivity index (χ1) is 8.75. The molecule has 102 valence electrons. The van der Waals surface area contributed by atoms with E-state index in [2.05, 4.69) is 46.6 Å². The Morgan fingerprint density at radius 2 is 2.22 bits per heavy atom. The fourth-order valence-corrected chi connectivity index (χ4v) is 3.16. The second-order valence-corrected chi connectivity index (χ2v) is 6.17. The molecule has 0 aliphatic carbocycles. The summed E-state index contributed by atoms with van der Waals surface area (Å²) in [6.45, 7) is 9.43. The Bertz CT molecular complexity index is 326. The minimum absolute atomic E-state index is 0.486. The molecule has 0 aromatic carbocycles. The van der Waals surface area contributed by atoms with Crippen molar-refractivity contribution < 1.29 is 0 Å². The zero-order valence-corrected chi connectivity index (χ0v) is 12.4. The van der Waals surface area contributed by atoms with Crippen molar-refractivity contribution in [1.82, 2.24) is 15.1 Å². The molecule has 4 heteroatoms. The van der Waals surface area contributed by atoms with Crippen molar-refractivity contribution in [1.29, 1.82) is 0 Å². The molecule has 1 saturated heterocycles. The predicted molar refractivity (Wildman–Crippen MR) is 79.3 cm³/mol.